The molecule has 0 aromatic carbocycles. The number of aliphatic hydroxyl groups is 1. The van der Waals surface area contributed by atoms with E-state index < -0.39 is 0 Å². The van der Waals surface area contributed by atoms with Crippen molar-refractivity contribution < 1.29 is 5.11 Å². The van der Waals surface area contributed by atoms with Crippen LogP contribution in [0.4, 0.5) is 0 Å². The average Bonchev–Trinajstić information content (AvgIpc) is 2.47. The van der Waals surface area contributed by atoms with Gasteiger partial charge in [-0.2, -0.15) is 0 Å². The van der Waals surface area contributed by atoms with Crippen LogP contribution in [0.1, 0.15) is 37.7 Å². The Morgan fingerprint density at radius 2 is 2.29 bits per heavy atom. The predicted molar refractivity (Wildman–Crippen MR) is 66.1 cm³/mol. The van der Waals surface area contributed by atoms with Gasteiger partial charge >= 0.3 is 0 Å². The van der Waals surface area contributed by atoms with Gasteiger partial charge in [0.15, 0.2) is 0 Å². The molecule has 2 atom stereocenters. The monoisotopic (exact) mass is 296 g/mol. The Hall–Kier alpha value is 0.430. The van der Waals surface area contributed by atoms with Gasteiger partial charge in [0.2, 0.25) is 0 Å². The quantitative estimate of drug-likeness (QED) is 0.859. The van der Waals surface area contributed by atoms with Crippen molar-refractivity contribution in [1.82, 2.24) is 0 Å². The van der Waals surface area contributed by atoms with Crippen LogP contribution in [0.3, 0.4) is 0 Å². The standard InChI is InChI=1S/C10H14BrClOS/c1-3-6(2)4-8(13)9-5-7(12)10(11)14-9/h5-6,8,13H,3-4H2,1-2H3. The topological polar surface area (TPSA) is 20.2 Å². The molecule has 0 aliphatic carbocycles. The molecule has 0 bridgehead atoms. The minimum atomic E-state index is -0.376. The number of hydrogen-bond acceptors (Lipinski definition) is 2. The lowest BCUT2D eigenvalue weighted by atomic mass is 10.0. The van der Waals surface area contributed by atoms with E-state index in [2.05, 4.69) is 29.8 Å². The molecule has 1 aromatic heterocycles. The van der Waals surface area contributed by atoms with Gasteiger partial charge in [-0.1, -0.05) is 31.9 Å². The number of aliphatic hydroxyl groups excluding tert-OH is 1. The second-order valence-corrected chi connectivity index (χ2v) is 6.34. The van der Waals surface area contributed by atoms with Crippen LogP contribution in [0.5, 0.6) is 0 Å². The number of hydrogen-bond donors (Lipinski definition) is 1. The fourth-order valence-electron chi connectivity index (χ4n) is 1.19. The summed E-state index contributed by atoms with van der Waals surface area (Å²) in [6.45, 7) is 4.28. The average molecular weight is 298 g/mol. The Labute approximate surface area is 102 Å². The number of rotatable bonds is 4. The van der Waals surface area contributed by atoms with Crippen molar-refractivity contribution >= 4 is 38.9 Å². The third-order valence-electron chi connectivity index (χ3n) is 2.32. The molecule has 1 aromatic rings. The third kappa shape index (κ3) is 3.23. The maximum absolute atomic E-state index is 9.89. The first-order valence-electron chi connectivity index (χ1n) is 4.67. The largest absolute Gasteiger partial charge is 0.388 e. The zero-order valence-electron chi connectivity index (χ0n) is 8.26. The van der Waals surface area contributed by atoms with Crippen molar-refractivity contribution in [3.8, 4) is 0 Å². The highest BCUT2D eigenvalue weighted by molar-refractivity contribution is 9.11. The van der Waals surface area contributed by atoms with Gasteiger partial charge in [-0.15, -0.1) is 11.3 Å². The van der Waals surface area contributed by atoms with Gasteiger partial charge in [-0.05, 0) is 34.3 Å². The summed E-state index contributed by atoms with van der Waals surface area (Å²) < 4.78 is 0.900. The van der Waals surface area contributed by atoms with E-state index in [1.807, 2.05) is 6.07 Å². The molecular weight excluding hydrogens is 284 g/mol. The van der Waals surface area contributed by atoms with E-state index in [-0.39, 0.29) is 6.10 Å². The molecule has 1 N–H and O–H groups in total. The van der Waals surface area contributed by atoms with Crippen LogP contribution in [-0.2, 0) is 0 Å². The van der Waals surface area contributed by atoms with E-state index in [4.69, 9.17) is 11.6 Å². The highest BCUT2D eigenvalue weighted by Gasteiger charge is 2.15. The lowest BCUT2D eigenvalue weighted by molar-refractivity contribution is 0.150. The summed E-state index contributed by atoms with van der Waals surface area (Å²) >= 11 is 10.7. The minimum Gasteiger partial charge on any atom is -0.388 e. The zero-order chi connectivity index (χ0) is 10.7. The van der Waals surface area contributed by atoms with Crippen LogP contribution in [0.15, 0.2) is 9.85 Å². The Kier molecular flexibility index (Phi) is 4.91. The Bertz CT molecular complexity index is 281. The molecule has 0 amide bonds. The van der Waals surface area contributed by atoms with Crippen LogP contribution >= 0.6 is 38.9 Å². The smallest absolute Gasteiger partial charge is 0.0888 e. The summed E-state index contributed by atoms with van der Waals surface area (Å²) in [4.78, 5) is 0.946. The van der Waals surface area contributed by atoms with Gasteiger partial charge in [0.25, 0.3) is 0 Å². The summed E-state index contributed by atoms with van der Waals surface area (Å²) in [5.41, 5.74) is 0. The van der Waals surface area contributed by atoms with Crippen LogP contribution < -0.4 is 0 Å². The van der Waals surface area contributed by atoms with Crippen molar-refractivity contribution in [1.29, 1.82) is 0 Å². The van der Waals surface area contributed by atoms with Crippen LogP contribution in [0.25, 0.3) is 0 Å². The fourth-order valence-corrected chi connectivity index (χ4v) is 2.94. The van der Waals surface area contributed by atoms with Crippen LogP contribution in [0.2, 0.25) is 5.02 Å². The Morgan fingerprint density at radius 1 is 1.64 bits per heavy atom. The first kappa shape index (κ1) is 12.5. The van der Waals surface area contributed by atoms with Gasteiger partial charge in [0, 0.05) is 4.88 Å². The Balaban J connectivity index is 2.64. The summed E-state index contributed by atoms with van der Waals surface area (Å²) in [6, 6.07) is 1.84. The van der Waals surface area contributed by atoms with Gasteiger partial charge in [-0.25, -0.2) is 0 Å². The fraction of sp³-hybridized carbons (Fsp3) is 0.600. The number of halogens is 2. The van der Waals surface area contributed by atoms with Crippen molar-refractivity contribution in [2.45, 2.75) is 32.8 Å². The molecular formula is C10H14BrClOS. The normalized spacial score (nSPS) is 15.5. The second-order valence-electron chi connectivity index (χ2n) is 3.54. The van der Waals surface area contributed by atoms with Gasteiger partial charge < -0.3 is 5.11 Å². The lowest BCUT2D eigenvalue weighted by Crippen LogP contribution is -2.01. The molecule has 0 fully saturated rings. The molecule has 80 valence electrons. The SMILES string of the molecule is CCC(C)CC(O)c1cc(Cl)c(Br)s1. The lowest BCUT2D eigenvalue weighted by Gasteiger charge is -2.12. The highest BCUT2D eigenvalue weighted by Crippen LogP contribution is 2.37. The maximum atomic E-state index is 9.89. The molecule has 0 spiro atoms. The van der Waals surface area contributed by atoms with Crippen molar-refractivity contribution in [3.05, 3.63) is 19.8 Å². The van der Waals surface area contributed by atoms with Crippen molar-refractivity contribution in [2.75, 3.05) is 0 Å². The summed E-state index contributed by atoms with van der Waals surface area (Å²) in [5.74, 6) is 0.546. The van der Waals surface area contributed by atoms with E-state index in [1.54, 1.807) is 0 Å². The summed E-state index contributed by atoms with van der Waals surface area (Å²) in [7, 11) is 0. The van der Waals surface area contributed by atoms with Gasteiger partial charge in [0.1, 0.15) is 0 Å². The van der Waals surface area contributed by atoms with E-state index in [0.717, 1.165) is 21.5 Å². The first-order valence-corrected chi connectivity index (χ1v) is 6.66. The molecule has 1 rings (SSSR count). The summed E-state index contributed by atoms with van der Waals surface area (Å²) in [6.07, 6.45) is 1.52. The predicted octanol–water partition coefficient (Wildman–Crippen LogP) is 4.63. The Morgan fingerprint density at radius 3 is 2.71 bits per heavy atom. The van der Waals surface area contributed by atoms with Gasteiger partial charge in [0.05, 0.1) is 14.9 Å². The van der Waals surface area contributed by atoms with E-state index in [9.17, 15) is 5.11 Å². The molecule has 0 aliphatic heterocycles. The second kappa shape index (κ2) is 5.50. The molecule has 1 nitrogen and oxygen atoms in total. The molecule has 0 saturated carbocycles. The van der Waals surface area contributed by atoms with Crippen molar-refractivity contribution in [3.63, 3.8) is 0 Å². The molecule has 0 aliphatic rings. The minimum absolute atomic E-state index is 0.376. The molecule has 1 heterocycles. The zero-order valence-corrected chi connectivity index (χ0v) is 11.4. The van der Waals surface area contributed by atoms with Crippen molar-refractivity contribution in [2.24, 2.45) is 5.92 Å². The van der Waals surface area contributed by atoms with Crippen LogP contribution in [0, 0.1) is 5.92 Å². The summed E-state index contributed by atoms with van der Waals surface area (Å²) in [5, 5.41) is 10.6. The molecule has 4 heteroatoms. The van der Waals surface area contributed by atoms with E-state index >= 15 is 0 Å². The molecule has 2 unspecified atom stereocenters. The molecule has 0 saturated heterocycles. The van der Waals surface area contributed by atoms with E-state index in [1.165, 1.54) is 11.3 Å². The third-order valence-corrected chi connectivity index (χ3v) is 4.89. The first-order chi connectivity index (χ1) is 6.54. The highest BCUT2D eigenvalue weighted by atomic mass is 79.9. The molecule has 14 heavy (non-hydrogen) atoms. The number of thiophene rings is 1. The van der Waals surface area contributed by atoms with Crippen LogP contribution in [-0.4, -0.2) is 5.11 Å². The molecule has 0 radical (unpaired) electrons. The van der Waals surface area contributed by atoms with Gasteiger partial charge in [-0.3, -0.25) is 0 Å². The maximum Gasteiger partial charge on any atom is 0.0888 e. The van der Waals surface area contributed by atoms with E-state index in [0.29, 0.717) is 10.9 Å².